The van der Waals surface area contributed by atoms with Gasteiger partial charge < -0.3 is 10.8 Å². The molecule has 1 aromatic rings. The third-order valence-electron chi connectivity index (χ3n) is 3.00. The number of hydrogen-bond acceptors (Lipinski definition) is 4. The van der Waals surface area contributed by atoms with Gasteiger partial charge in [-0.2, -0.15) is 11.8 Å². The lowest BCUT2D eigenvalue weighted by Crippen LogP contribution is -2.28. The molecule has 3 N–H and O–H groups in total. The topological polar surface area (TPSA) is 59.1 Å². The third-order valence-corrected chi connectivity index (χ3v) is 4.50. The molecule has 3 nitrogen and oxygen atoms in total. The molecule has 16 heavy (non-hydrogen) atoms. The van der Waals surface area contributed by atoms with E-state index in [0.29, 0.717) is 17.5 Å². The molecule has 0 bridgehead atoms. The second-order valence-electron chi connectivity index (χ2n) is 4.22. The Morgan fingerprint density at radius 3 is 3.12 bits per heavy atom. The largest absolute Gasteiger partial charge is 0.392 e. The highest BCUT2D eigenvalue weighted by Crippen LogP contribution is 2.29. The third kappa shape index (κ3) is 2.89. The Balaban J connectivity index is 1.96. The van der Waals surface area contributed by atoms with Crippen molar-refractivity contribution in [1.82, 2.24) is 4.98 Å². The summed E-state index contributed by atoms with van der Waals surface area (Å²) < 4.78 is 0. The molecule has 2 unspecified atom stereocenters. The maximum absolute atomic E-state index is 10.1. The van der Waals surface area contributed by atoms with E-state index in [1.165, 1.54) is 18.6 Å². The van der Waals surface area contributed by atoms with E-state index in [9.17, 15) is 5.11 Å². The predicted molar refractivity (Wildman–Crippen MR) is 68.5 cm³/mol. The summed E-state index contributed by atoms with van der Waals surface area (Å²) in [5, 5.41) is 10.5. The molecule has 2 rings (SSSR count). The normalized spacial score (nSPS) is 22.9. The number of aliphatic hydroxyl groups is 1. The maximum Gasteiger partial charge on any atom is 0.126 e. The Kier molecular flexibility index (Phi) is 4.07. The first-order valence-electron chi connectivity index (χ1n) is 5.76. The molecule has 0 saturated carbocycles. The molecular weight excluding hydrogens is 220 g/mol. The van der Waals surface area contributed by atoms with E-state index in [2.05, 4.69) is 4.98 Å². The summed E-state index contributed by atoms with van der Waals surface area (Å²) in [6.45, 7) is 0. The van der Waals surface area contributed by atoms with Crippen molar-refractivity contribution in [3.8, 4) is 0 Å². The number of nitrogen functional groups attached to an aromatic ring is 1. The Labute approximate surface area is 100 Å². The van der Waals surface area contributed by atoms with E-state index in [0.717, 1.165) is 12.0 Å². The van der Waals surface area contributed by atoms with Crippen molar-refractivity contribution >= 4 is 17.6 Å². The van der Waals surface area contributed by atoms with E-state index < -0.39 is 0 Å². The number of nitrogens with zero attached hydrogens (tertiary/aromatic N) is 1. The van der Waals surface area contributed by atoms with E-state index in [4.69, 9.17) is 5.73 Å². The lowest BCUT2D eigenvalue weighted by molar-refractivity contribution is 0.166. The van der Waals surface area contributed by atoms with Gasteiger partial charge >= 0.3 is 0 Å². The first-order valence-corrected chi connectivity index (χ1v) is 6.81. The van der Waals surface area contributed by atoms with Gasteiger partial charge in [-0.1, -0.05) is 12.5 Å². The van der Waals surface area contributed by atoms with Gasteiger partial charge in [-0.05, 0) is 30.2 Å². The summed E-state index contributed by atoms with van der Waals surface area (Å²) in [6, 6.07) is 3.81. The molecule has 0 amide bonds. The van der Waals surface area contributed by atoms with Crippen LogP contribution in [-0.4, -0.2) is 27.2 Å². The molecule has 0 aliphatic carbocycles. The van der Waals surface area contributed by atoms with Gasteiger partial charge in [0.25, 0.3) is 0 Å². The summed E-state index contributed by atoms with van der Waals surface area (Å²) in [7, 11) is 0. The molecule has 1 aliphatic heterocycles. The lowest BCUT2D eigenvalue weighted by Gasteiger charge is -2.26. The molecule has 0 radical (unpaired) electrons. The zero-order chi connectivity index (χ0) is 11.4. The van der Waals surface area contributed by atoms with Crippen molar-refractivity contribution in [2.75, 3.05) is 11.5 Å². The number of nitrogens with two attached hydrogens (primary N) is 1. The highest BCUT2D eigenvalue weighted by molar-refractivity contribution is 8.00. The van der Waals surface area contributed by atoms with Crippen molar-refractivity contribution in [1.29, 1.82) is 0 Å². The second kappa shape index (κ2) is 5.55. The van der Waals surface area contributed by atoms with Crippen LogP contribution in [0.3, 0.4) is 0 Å². The average molecular weight is 238 g/mol. The maximum atomic E-state index is 10.1. The van der Waals surface area contributed by atoms with Gasteiger partial charge in [-0.3, -0.25) is 0 Å². The molecule has 2 heterocycles. The summed E-state index contributed by atoms with van der Waals surface area (Å²) in [4.78, 5) is 4.04. The van der Waals surface area contributed by atoms with Gasteiger partial charge in [0.15, 0.2) is 0 Å². The number of aliphatic hydroxyl groups excluding tert-OH is 1. The average Bonchev–Trinajstić information content (AvgIpc) is 2.33. The smallest absolute Gasteiger partial charge is 0.126 e. The molecule has 1 saturated heterocycles. The van der Waals surface area contributed by atoms with Crippen LogP contribution in [0.4, 0.5) is 5.82 Å². The van der Waals surface area contributed by atoms with Crippen molar-refractivity contribution in [3.63, 3.8) is 0 Å². The molecule has 2 atom stereocenters. The number of anilines is 1. The van der Waals surface area contributed by atoms with Gasteiger partial charge in [0.05, 0.1) is 6.10 Å². The van der Waals surface area contributed by atoms with E-state index in [1.807, 2.05) is 23.9 Å². The molecule has 0 aromatic carbocycles. The Morgan fingerprint density at radius 1 is 1.56 bits per heavy atom. The van der Waals surface area contributed by atoms with Crippen LogP contribution >= 0.6 is 11.8 Å². The van der Waals surface area contributed by atoms with Gasteiger partial charge in [0.1, 0.15) is 5.82 Å². The molecule has 1 fully saturated rings. The first kappa shape index (κ1) is 11.7. The minimum Gasteiger partial charge on any atom is -0.392 e. The van der Waals surface area contributed by atoms with Crippen LogP contribution in [0.15, 0.2) is 18.3 Å². The molecule has 1 aromatic heterocycles. The number of pyridine rings is 1. The number of aromatic nitrogens is 1. The minimum atomic E-state index is -0.295. The molecule has 4 heteroatoms. The van der Waals surface area contributed by atoms with Crippen LogP contribution in [-0.2, 0) is 6.42 Å². The van der Waals surface area contributed by atoms with Crippen molar-refractivity contribution in [3.05, 3.63) is 23.9 Å². The van der Waals surface area contributed by atoms with Gasteiger partial charge in [0.2, 0.25) is 0 Å². The highest BCUT2D eigenvalue weighted by atomic mass is 32.2. The van der Waals surface area contributed by atoms with Crippen LogP contribution in [0.5, 0.6) is 0 Å². The predicted octanol–water partition coefficient (Wildman–Crippen LogP) is 1.85. The summed E-state index contributed by atoms with van der Waals surface area (Å²) in [6.07, 6.45) is 5.64. The summed E-state index contributed by atoms with van der Waals surface area (Å²) in [5.41, 5.74) is 6.73. The molecule has 88 valence electrons. The van der Waals surface area contributed by atoms with Crippen molar-refractivity contribution in [2.24, 2.45) is 0 Å². The Bertz CT molecular complexity index is 340. The number of thioether (sulfide) groups is 1. The molecule has 0 spiro atoms. The van der Waals surface area contributed by atoms with Crippen LogP contribution in [0.25, 0.3) is 0 Å². The lowest BCUT2D eigenvalue weighted by atomic mass is 10.0. The van der Waals surface area contributed by atoms with Crippen molar-refractivity contribution in [2.45, 2.75) is 37.0 Å². The van der Waals surface area contributed by atoms with E-state index in [1.54, 1.807) is 6.20 Å². The SMILES string of the molecule is Nc1ncccc1CC(O)C1CCCCS1. The number of hydrogen-bond donors (Lipinski definition) is 2. The molecular formula is C12H18N2OS. The van der Waals surface area contributed by atoms with E-state index >= 15 is 0 Å². The minimum absolute atomic E-state index is 0.295. The van der Waals surface area contributed by atoms with Crippen molar-refractivity contribution < 1.29 is 5.11 Å². The Morgan fingerprint density at radius 2 is 2.44 bits per heavy atom. The fraction of sp³-hybridized carbons (Fsp3) is 0.583. The fourth-order valence-electron chi connectivity index (χ4n) is 2.05. The zero-order valence-corrected chi connectivity index (χ0v) is 10.1. The van der Waals surface area contributed by atoms with Crippen LogP contribution in [0.2, 0.25) is 0 Å². The summed E-state index contributed by atoms with van der Waals surface area (Å²) >= 11 is 1.89. The van der Waals surface area contributed by atoms with Gasteiger partial charge in [-0.25, -0.2) is 4.98 Å². The monoisotopic (exact) mass is 238 g/mol. The van der Waals surface area contributed by atoms with Gasteiger partial charge in [-0.15, -0.1) is 0 Å². The Hall–Kier alpha value is -0.740. The number of rotatable bonds is 3. The molecule has 1 aliphatic rings. The highest BCUT2D eigenvalue weighted by Gasteiger charge is 2.22. The standard InChI is InChI=1S/C12H18N2OS/c13-12-9(4-3-6-14-12)8-10(15)11-5-1-2-7-16-11/h3-4,6,10-11,15H,1-2,5,7-8H2,(H2,13,14). The van der Waals surface area contributed by atoms with E-state index in [-0.39, 0.29) is 6.10 Å². The quantitative estimate of drug-likeness (QED) is 0.844. The zero-order valence-electron chi connectivity index (χ0n) is 9.30. The first-order chi connectivity index (χ1) is 7.77. The van der Waals surface area contributed by atoms with Crippen LogP contribution < -0.4 is 5.73 Å². The van der Waals surface area contributed by atoms with Crippen LogP contribution in [0.1, 0.15) is 24.8 Å². The van der Waals surface area contributed by atoms with Crippen LogP contribution in [0, 0.1) is 0 Å². The van der Waals surface area contributed by atoms with Gasteiger partial charge in [0, 0.05) is 17.9 Å². The fourth-order valence-corrected chi connectivity index (χ4v) is 3.37. The summed E-state index contributed by atoms with van der Waals surface area (Å²) in [5.74, 6) is 1.71. The second-order valence-corrected chi connectivity index (χ2v) is 5.57.